The van der Waals surface area contributed by atoms with Gasteiger partial charge in [-0.25, -0.2) is 9.97 Å². The van der Waals surface area contributed by atoms with E-state index in [9.17, 15) is 9.59 Å². The zero-order valence-corrected chi connectivity index (χ0v) is 13.1. The first-order chi connectivity index (χ1) is 11.7. The molecule has 24 heavy (non-hydrogen) atoms. The highest BCUT2D eigenvalue weighted by molar-refractivity contribution is 6.39. The molecule has 1 aliphatic heterocycles. The monoisotopic (exact) mass is 322 g/mol. The van der Waals surface area contributed by atoms with E-state index in [-0.39, 0.29) is 0 Å². The van der Waals surface area contributed by atoms with E-state index in [1.807, 2.05) is 6.07 Å². The summed E-state index contributed by atoms with van der Waals surface area (Å²) in [4.78, 5) is 33.8. The summed E-state index contributed by atoms with van der Waals surface area (Å²) in [5.41, 5.74) is 1.76. The molecule has 122 valence electrons. The molecule has 2 aromatic rings. The summed E-state index contributed by atoms with van der Waals surface area (Å²) in [5.74, 6) is 0.373. The molecule has 0 radical (unpaired) electrons. The molecule has 1 saturated heterocycles. The number of nitrogens with one attached hydrogen (secondary N) is 1. The van der Waals surface area contributed by atoms with E-state index in [1.165, 1.54) is 24.3 Å². The number of amides is 2. The summed E-state index contributed by atoms with van der Waals surface area (Å²) in [6, 6.07) is 10.4. The molecule has 0 bridgehead atoms. The molecule has 0 unspecified atom stereocenters. The van der Waals surface area contributed by atoms with E-state index in [2.05, 4.69) is 39.6 Å². The molecular formula is C18H18N4O2. The molecule has 2 amide bonds. The van der Waals surface area contributed by atoms with Gasteiger partial charge >= 0.3 is 11.8 Å². The molecule has 1 aromatic heterocycles. The number of likely N-dealkylation sites (tertiary alicyclic amines) is 1. The third-order valence-corrected chi connectivity index (χ3v) is 5.09. The van der Waals surface area contributed by atoms with Crippen LogP contribution in [0.1, 0.15) is 17.9 Å². The molecule has 2 fully saturated rings. The first-order valence-electron chi connectivity index (χ1n) is 8.12. The van der Waals surface area contributed by atoms with Gasteiger partial charge in [0.2, 0.25) is 0 Å². The van der Waals surface area contributed by atoms with Gasteiger partial charge in [-0.3, -0.25) is 9.59 Å². The Kier molecular flexibility index (Phi) is 3.72. The average Bonchev–Trinajstić information content (AvgIpc) is 2.93. The van der Waals surface area contributed by atoms with Gasteiger partial charge in [-0.15, -0.1) is 0 Å². The van der Waals surface area contributed by atoms with Crippen molar-refractivity contribution in [3.63, 3.8) is 0 Å². The van der Waals surface area contributed by atoms with E-state index in [1.54, 1.807) is 4.90 Å². The Labute approximate surface area is 139 Å². The van der Waals surface area contributed by atoms with Crippen molar-refractivity contribution in [3.8, 4) is 0 Å². The Bertz CT molecular complexity index is 750. The van der Waals surface area contributed by atoms with Gasteiger partial charge < -0.3 is 10.2 Å². The molecule has 1 aliphatic carbocycles. The fourth-order valence-electron chi connectivity index (χ4n) is 3.85. The minimum atomic E-state index is -0.623. The van der Waals surface area contributed by atoms with Crippen molar-refractivity contribution in [3.05, 3.63) is 54.6 Å². The number of aromatic nitrogens is 2. The van der Waals surface area contributed by atoms with E-state index >= 15 is 0 Å². The van der Waals surface area contributed by atoms with Crippen LogP contribution in [0.2, 0.25) is 0 Å². The van der Waals surface area contributed by atoms with Gasteiger partial charge in [-0.1, -0.05) is 30.3 Å². The van der Waals surface area contributed by atoms with Gasteiger partial charge in [0.05, 0.1) is 18.1 Å². The van der Waals surface area contributed by atoms with Crippen LogP contribution >= 0.6 is 0 Å². The largest absolute Gasteiger partial charge is 0.334 e. The number of fused-ring (bicyclic) bond motifs is 1. The Morgan fingerprint density at radius 3 is 2.58 bits per heavy atom. The Morgan fingerprint density at radius 2 is 1.83 bits per heavy atom. The van der Waals surface area contributed by atoms with Gasteiger partial charge in [0.15, 0.2) is 0 Å². The number of hydrogen-bond donors (Lipinski definition) is 1. The SMILES string of the molecule is O=C(Nc1cncnc1)C(=O)N1C[C@@H]2C[C@@H](c3ccccc3)[C@@H]2C1. The lowest BCUT2D eigenvalue weighted by molar-refractivity contribution is -0.142. The summed E-state index contributed by atoms with van der Waals surface area (Å²) in [6.07, 6.45) is 5.40. The van der Waals surface area contributed by atoms with E-state index in [4.69, 9.17) is 0 Å². The van der Waals surface area contributed by atoms with Crippen LogP contribution in [-0.2, 0) is 9.59 Å². The van der Waals surface area contributed by atoms with Gasteiger partial charge in [0.1, 0.15) is 6.33 Å². The van der Waals surface area contributed by atoms with Gasteiger partial charge in [-0.2, -0.15) is 0 Å². The van der Waals surface area contributed by atoms with E-state index < -0.39 is 11.8 Å². The van der Waals surface area contributed by atoms with Gasteiger partial charge in [-0.05, 0) is 29.7 Å². The van der Waals surface area contributed by atoms with Crippen LogP contribution in [0.3, 0.4) is 0 Å². The van der Waals surface area contributed by atoms with Crippen LogP contribution in [0.4, 0.5) is 5.69 Å². The maximum atomic E-state index is 12.4. The minimum absolute atomic E-state index is 0.431. The molecule has 2 heterocycles. The number of hydrogen-bond acceptors (Lipinski definition) is 4. The van der Waals surface area contributed by atoms with Crippen LogP contribution in [0.5, 0.6) is 0 Å². The standard InChI is InChI=1S/C18H18N4O2/c23-17(21-14-7-19-11-20-8-14)18(24)22-9-13-6-15(16(13)10-22)12-4-2-1-3-5-12/h1-5,7-8,11,13,15-16H,6,9-10H2,(H,21,23)/t13-,15-,16+/m0/s1. The third-order valence-electron chi connectivity index (χ3n) is 5.09. The van der Waals surface area contributed by atoms with Crippen LogP contribution in [0.15, 0.2) is 49.1 Å². The fourth-order valence-corrected chi connectivity index (χ4v) is 3.85. The van der Waals surface area contributed by atoms with Crippen LogP contribution in [0.25, 0.3) is 0 Å². The average molecular weight is 322 g/mol. The number of carbonyl (C=O) groups excluding carboxylic acids is 2. The number of nitrogens with zero attached hydrogens (tertiary/aromatic N) is 3. The summed E-state index contributed by atoms with van der Waals surface area (Å²) < 4.78 is 0. The molecule has 3 atom stereocenters. The van der Waals surface area contributed by atoms with Crippen molar-refractivity contribution >= 4 is 17.5 Å². The quantitative estimate of drug-likeness (QED) is 0.854. The smallest absolute Gasteiger partial charge is 0.313 e. The van der Waals surface area contributed by atoms with Gasteiger partial charge in [0.25, 0.3) is 0 Å². The Hall–Kier alpha value is -2.76. The number of rotatable bonds is 2. The van der Waals surface area contributed by atoms with Crippen molar-refractivity contribution in [2.45, 2.75) is 12.3 Å². The summed E-state index contributed by atoms with van der Waals surface area (Å²) in [6.45, 7) is 1.33. The lowest BCUT2D eigenvalue weighted by Gasteiger charge is -2.39. The molecule has 6 heteroatoms. The predicted octanol–water partition coefficient (Wildman–Crippen LogP) is 1.68. The number of benzene rings is 1. The van der Waals surface area contributed by atoms with Crippen LogP contribution in [-0.4, -0.2) is 39.8 Å². The normalized spacial score (nSPS) is 24.8. The molecule has 4 rings (SSSR count). The molecule has 6 nitrogen and oxygen atoms in total. The second-order valence-electron chi connectivity index (χ2n) is 6.47. The third kappa shape index (κ3) is 2.64. The minimum Gasteiger partial charge on any atom is -0.334 e. The molecule has 0 spiro atoms. The zero-order chi connectivity index (χ0) is 16.5. The van der Waals surface area contributed by atoms with Gasteiger partial charge in [0, 0.05) is 13.1 Å². The molecular weight excluding hydrogens is 304 g/mol. The summed E-state index contributed by atoms with van der Waals surface area (Å²) in [7, 11) is 0. The molecule has 2 aliphatic rings. The first-order valence-corrected chi connectivity index (χ1v) is 8.12. The molecule has 1 N–H and O–H groups in total. The molecule has 1 aromatic carbocycles. The lowest BCUT2D eigenvalue weighted by atomic mass is 9.64. The number of anilines is 1. The lowest BCUT2D eigenvalue weighted by Crippen LogP contribution is -2.38. The zero-order valence-electron chi connectivity index (χ0n) is 13.1. The highest BCUT2D eigenvalue weighted by Crippen LogP contribution is 2.51. The Balaban J connectivity index is 1.38. The van der Waals surface area contributed by atoms with Crippen molar-refractivity contribution < 1.29 is 9.59 Å². The van der Waals surface area contributed by atoms with Crippen LogP contribution in [0, 0.1) is 11.8 Å². The molecule has 1 saturated carbocycles. The van der Waals surface area contributed by atoms with Crippen molar-refractivity contribution in [2.24, 2.45) is 11.8 Å². The summed E-state index contributed by atoms with van der Waals surface area (Å²) in [5, 5.41) is 2.56. The van der Waals surface area contributed by atoms with Crippen molar-refractivity contribution in [1.29, 1.82) is 0 Å². The maximum Gasteiger partial charge on any atom is 0.313 e. The second kappa shape index (κ2) is 6.03. The van der Waals surface area contributed by atoms with Crippen molar-refractivity contribution in [1.82, 2.24) is 14.9 Å². The maximum absolute atomic E-state index is 12.4. The highest BCUT2D eigenvalue weighted by atomic mass is 16.2. The van der Waals surface area contributed by atoms with E-state index in [0.717, 1.165) is 6.42 Å². The summed E-state index contributed by atoms with van der Waals surface area (Å²) >= 11 is 0. The Morgan fingerprint density at radius 1 is 1.08 bits per heavy atom. The van der Waals surface area contributed by atoms with Crippen molar-refractivity contribution in [2.75, 3.05) is 18.4 Å². The fraction of sp³-hybridized carbons (Fsp3) is 0.333. The highest BCUT2D eigenvalue weighted by Gasteiger charge is 2.49. The van der Waals surface area contributed by atoms with Crippen LogP contribution < -0.4 is 5.32 Å². The predicted molar refractivity (Wildman–Crippen MR) is 88.0 cm³/mol. The van der Waals surface area contributed by atoms with E-state index in [0.29, 0.717) is 36.5 Å². The second-order valence-corrected chi connectivity index (χ2v) is 6.47. The first kappa shape index (κ1) is 14.8. The topological polar surface area (TPSA) is 75.2 Å². The number of carbonyl (C=O) groups is 2.